The number of nitrogens with one attached hydrogen (secondary N) is 1. The van der Waals surface area contributed by atoms with Gasteiger partial charge in [0.25, 0.3) is 5.91 Å². The first-order valence-corrected chi connectivity index (χ1v) is 7.90. The summed E-state index contributed by atoms with van der Waals surface area (Å²) in [5, 5.41) is 6.15. The van der Waals surface area contributed by atoms with E-state index in [1.807, 2.05) is 0 Å². The third-order valence-corrected chi connectivity index (χ3v) is 3.97. The van der Waals surface area contributed by atoms with Gasteiger partial charge in [-0.05, 0) is 19.1 Å². The SMILES string of the molecule is CCn1cc(C(=O)NCCn2cccn2)c(=O)c2cc(F)c(F)c(F)c21. The monoisotopic (exact) mass is 364 g/mol. The molecule has 0 atom stereocenters. The Bertz CT molecular complexity index is 1030. The Morgan fingerprint density at radius 3 is 2.69 bits per heavy atom. The first-order valence-electron chi connectivity index (χ1n) is 7.90. The van der Waals surface area contributed by atoms with Gasteiger partial charge in [0, 0.05) is 31.7 Å². The van der Waals surface area contributed by atoms with Crippen molar-refractivity contribution in [1.82, 2.24) is 19.7 Å². The van der Waals surface area contributed by atoms with E-state index in [0.717, 1.165) is 6.20 Å². The number of aryl methyl sites for hydroxylation is 1. The number of nitrogens with zero attached hydrogens (tertiary/aromatic N) is 3. The number of carbonyl (C=O) groups excluding carboxylic acids is 1. The minimum Gasteiger partial charge on any atom is -0.350 e. The Hall–Kier alpha value is -3.10. The van der Waals surface area contributed by atoms with Crippen LogP contribution in [0.5, 0.6) is 0 Å². The van der Waals surface area contributed by atoms with E-state index in [9.17, 15) is 22.8 Å². The van der Waals surface area contributed by atoms with Crippen LogP contribution in [-0.4, -0.2) is 26.8 Å². The molecular formula is C17H15F3N4O2. The molecule has 1 amide bonds. The maximum Gasteiger partial charge on any atom is 0.256 e. The lowest BCUT2D eigenvalue weighted by Gasteiger charge is -2.13. The summed E-state index contributed by atoms with van der Waals surface area (Å²) in [6, 6.07) is 2.34. The van der Waals surface area contributed by atoms with E-state index in [2.05, 4.69) is 10.4 Å². The summed E-state index contributed by atoms with van der Waals surface area (Å²) in [5.41, 5.74) is -1.51. The number of benzene rings is 1. The van der Waals surface area contributed by atoms with Gasteiger partial charge in [-0.1, -0.05) is 0 Å². The number of hydrogen-bond donors (Lipinski definition) is 1. The van der Waals surface area contributed by atoms with Gasteiger partial charge in [0.05, 0.1) is 17.4 Å². The largest absolute Gasteiger partial charge is 0.350 e. The summed E-state index contributed by atoms with van der Waals surface area (Å²) in [6.45, 7) is 2.38. The van der Waals surface area contributed by atoms with Crippen molar-refractivity contribution in [3.8, 4) is 0 Å². The van der Waals surface area contributed by atoms with Crippen molar-refractivity contribution in [3.05, 3.63) is 64.0 Å². The lowest BCUT2D eigenvalue weighted by atomic mass is 10.1. The zero-order valence-electron chi connectivity index (χ0n) is 13.8. The Morgan fingerprint density at radius 2 is 2.04 bits per heavy atom. The van der Waals surface area contributed by atoms with E-state index in [1.54, 1.807) is 30.1 Å². The van der Waals surface area contributed by atoms with Gasteiger partial charge in [-0.3, -0.25) is 14.3 Å². The van der Waals surface area contributed by atoms with Gasteiger partial charge in [0.1, 0.15) is 5.56 Å². The molecule has 0 radical (unpaired) electrons. The summed E-state index contributed by atoms with van der Waals surface area (Å²) >= 11 is 0. The molecule has 1 aromatic carbocycles. The Kier molecular flexibility index (Phi) is 4.79. The highest BCUT2D eigenvalue weighted by Crippen LogP contribution is 2.21. The second-order valence-electron chi connectivity index (χ2n) is 5.57. The van der Waals surface area contributed by atoms with Crippen molar-refractivity contribution in [1.29, 1.82) is 0 Å². The molecule has 0 spiro atoms. The van der Waals surface area contributed by atoms with Gasteiger partial charge in [-0.2, -0.15) is 5.10 Å². The van der Waals surface area contributed by atoms with E-state index in [4.69, 9.17) is 0 Å². The van der Waals surface area contributed by atoms with E-state index in [0.29, 0.717) is 12.6 Å². The molecule has 0 aliphatic heterocycles. The molecular weight excluding hydrogens is 349 g/mol. The maximum atomic E-state index is 14.1. The molecule has 0 aliphatic rings. The van der Waals surface area contributed by atoms with Crippen molar-refractivity contribution in [3.63, 3.8) is 0 Å². The fourth-order valence-electron chi connectivity index (χ4n) is 2.69. The highest BCUT2D eigenvalue weighted by atomic mass is 19.2. The lowest BCUT2D eigenvalue weighted by molar-refractivity contribution is 0.0950. The number of rotatable bonds is 5. The van der Waals surface area contributed by atoms with Crippen molar-refractivity contribution in [2.24, 2.45) is 0 Å². The van der Waals surface area contributed by atoms with Crippen LogP contribution >= 0.6 is 0 Å². The molecule has 3 rings (SSSR count). The molecule has 0 saturated carbocycles. The molecule has 0 aliphatic carbocycles. The quantitative estimate of drug-likeness (QED) is 0.705. The van der Waals surface area contributed by atoms with Crippen molar-refractivity contribution >= 4 is 16.8 Å². The molecule has 0 fully saturated rings. The maximum absolute atomic E-state index is 14.1. The van der Waals surface area contributed by atoms with Crippen molar-refractivity contribution < 1.29 is 18.0 Å². The second kappa shape index (κ2) is 7.03. The van der Waals surface area contributed by atoms with E-state index >= 15 is 0 Å². The van der Waals surface area contributed by atoms with Crippen LogP contribution in [0.3, 0.4) is 0 Å². The number of aromatic nitrogens is 3. The minimum atomic E-state index is -1.66. The molecule has 2 aromatic heterocycles. The molecule has 3 aromatic rings. The summed E-state index contributed by atoms with van der Waals surface area (Å²) in [5.74, 6) is -5.28. The molecule has 0 saturated heterocycles. The average Bonchev–Trinajstić information content (AvgIpc) is 3.14. The highest BCUT2D eigenvalue weighted by molar-refractivity contribution is 5.97. The first-order chi connectivity index (χ1) is 12.4. The van der Waals surface area contributed by atoms with Crippen LogP contribution < -0.4 is 10.7 Å². The van der Waals surface area contributed by atoms with Crippen LogP contribution in [0.25, 0.3) is 10.9 Å². The van der Waals surface area contributed by atoms with E-state index < -0.39 is 28.8 Å². The zero-order valence-corrected chi connectivity index (χ0v) is 13.8. The zero-order chi connectivity index (χ0) is 18.8. The highest BCUT2D eigenvalue weighted by Gasteiger charge is 2.21. The molecule has 9 heteroatoms. The van der Waals surface area contributed by atoms with Crippen molar-refractivity contribution in [2.75, 3.05) is 6.54 Å². The summed E-state index contributed by atoms with van der Waals surface area (Å²) in [4.78, 5) is 24.8. The number of amides is 1. The molecule has 1 N–H and O–H groups in total. The molecule has 26 heavy (non-hydrogen) atoms. The minimum absolute atomic E-state index is 0.159. The Labute approximate surface area is 145 Å². The lowest BCUT2D eigenvalue weighted by Crippen LogP contribution is -2.32. The molecule has 0 unspecified atom stereocenters. The summed E-state index contributed by atoms with van der Waals surface area (Å²) in [6.07, 6.45) is 4.45. The van der Waals surface area contributed by atoms with Crippen LogP contribution in [-0.2, 0) is 13.1 Å². The van der Waals surface area contributed by atoms with Gasteiger partial charge in [-0.25, -0.2) is 13.2 Å². The van der Waals surface area contributed by atoms with E-state index in [-0.39, 0.29) is 29.6 Å². The number of hydrogen-bond acceptors (Lipinski definition) is 3. The number of halogens is 3. The van der Waals surface area contributed by atoms with Gasteiger partial charge >= 0.3 is 0 Å². The molecule has 2 heterocycles. The topological polar surface area (TPSA) is 68.9 Å². The Morgan fingerprint density at radius 1 is 1.27 bits per heavy atom. The standard InChI is InChI=1S/C17H15F3N4O2/c1-2-23-9-11(17(26)21-5-7-24-6-3-4-22-24)16(25)10-8-12(18)13(19)14(20)15(10)23/h3-4,6,8-9H,2,5,7H2,1H3,(H,21,26). The second-order valence-corrected chi connectivity index (χ2v) is 5.57. The molecule has 136 valence electrons. The average molecular weight is 364 g/mol. The molecule has 6 nitrogen and oxygen atoms in total. The molecule has 0 bridgehead atoms. The summed E-state index contributed by atoms with van der Waals surface area (Å²) in [7, 11) is 0. The van der Waals surface area contributed by atoms with Crippen LogP contribution in [0.2, 0.25) is 0 Å². The smallest absolute Gasteiger partial charge is 0.256 e. The van der Waals surface area contributed by atoms with Crippen LogP contribution in [0.4, 0.5) is 13.2 Å². The van der Waals surface area contributed by atoms with Crippen LogP contribution in [0.1, 0.15) is 17.3 Å². The third kappa shape index (κ3) is 3.07. The first kappa shape index (κ1) is 17.7. The third-order valence-electron chi connectivity index (χ3n) is 3.97. The number of fused-ring (bicyclic) bond motifs is 1. The number of carbonyl (C=O) groups is 1. The fraction of sp³-hybridized carbons (Fsp3) is 0.235. The van der Waals surface area contributed by atoms with Crippen molar-refractivity contribution in [2.45, 2.75) is 20.0 Å². The van der Waals surface area contributed by atoms with Gasteiger partial charge in [0.15, 0.2) is 17.5 Å². The van der Waals surface area contributed by atoms with Crippen LogP contribution in [0.15, 0.2) is 35.5 Å². The van der Waals surface area contributed by atoms with Gasteiger partial charge in [-0.15, -0.1) is 0 Å². The van der Waals surface area contributed by atoms with Crippen LogP contribution in [0, 0.1) is 17.5 Å². The Balaban J connectivity index is 1.98. The number of pyridine rings is 1. The van der Waals surface area contributed by atoms with E-state index in [1.165, 1.54) is 4.57 Å². The van der Waals surface area contributed by atoms with Gasteiger partial charge in [0.2, 0.25) is 5.43 Å². The normalized spacial score (nSPS) is 11.1. The predicted molar refractivity (Wildman–Crippen MR) is 88.3 cm³/mol. The van der Waals surface area contributed by atoms with Gasteiger partial charge < -0.3 is 9.88 Å². The fourth-order valence-corrected chi connectivity index (χ4v) is 2.69. The predicted octanol–water partition coefficient (Wildman–Crippen LogP) is 2.07. The summed E-state index contributed by atoms with van der Waals surface area (Å²) < 4.78 is 44.0.